The molecule has 1 aromatic rings. The lowest BCUT2D eigenvalue weighted by atomic mass is 10.3. The van der Waals surface area contributed by atoms with Crippen molar-refractivity contribution in [3.63, 3.8) is 0 Å². The van der Waals surface area contributed by atoms with Crippen LogP contribution in [0.1, 0.15) is 0 Å². The summed E-state index contributed by atoms with van der Waals surface area (Å²) in [5.41, 5.74) is 0.569. The largest absolute Gasteiger partial charge is 0.322 e. The van der Waals surface area contributed by atoms with Gasteiger partial charge in [0.25, 0.3) is 5.69 Å². The molecule has 2 amide bonds. The Morgan fingerprint density at radius 2 is 1.89 bits per heavy atom. The molecule has 2 rings (SSSR count). The van der Waals surface area contributed by atoms with E-state index in [0.29, 0.717) is 18.8 Å². The quantitative estimate of drug-likeness (QED) is 0.606. The zero-order chi connectivity index (χ0) is 13.0. The van der Waals surface area contributed by atoms with E-state index in [1.54, 1.807) is 4.90 Å². The van der Waals surface area contributed by atoms with Crippen LogP contribution in [0.4, 0.5) is 16.2 Å². The first-order valence-electron chi connectivity index (χ1n) is 5.68. The lowest BCUT2D eigenvalue weighted by Crippen LogP contribution is -2.48. The summed E-state index contributed by atoms with van der Waals surface area (Å²) in [5, 5.41) is 16.4. The smallest absolute Gasteiger partial charge is 0.321 e. The van der Waals surface area contributed by atoms with Crippen LogP contribution in [0.25, 0.3) is 0 Å². The number of amides is 2. The van der Waals surface area contributed by atoms with Gasteiger partial charge < -0.3 is 15.5 Å². The molecule has 1 aromatic carbocycles. The maximum absolute atomic E-state index is 11.8. The summed E-state index contributed by atoms with van der Waals surface area (Å²) in [4.78, 5) is 23.6. The molecule has 7 heteroatoms. The molecule has 0 aliphatic carbocycles. The van der Waals surface area contributed by atoms with Gasteiger partial charge in [-0.1, -0.05) is 0 Å². The van der Waals surface area contributed by atoms with E-state index in [0.717, 1.165) is 13.1 Å². The molecule has 0 radical (unpaired) electrons. The number of rotatable bonds is 2. The third kappa shape index (κ3) is 2.95. The minimum Gasteiger partial charge on any atom is -0.322 e. The minimum absolute atomic E-state index is 0.00942. The van der Waals surface area contributed by atoms with Crippen molar-refractivity contribution in [3.8, 4) is 0 Å². The monoisotopic (exact) mass is 250 g/mol. The Morgan fingerprint density at radius 3 is 2.44 bits per heavy atom. The summed E-state index contributed by atoms with van der Waals surface area (Å²) in [6.45, 7) is 2.90. The highest BCUT2D eigenvalue weighted by Gasteiger charge is 2.16. The number of benzene rings is 1. The lowest BCUT2D eigenvalue weighted by molar-refractivity contribution is -0.384. The Bertz CT molecular complexity index is 440. The van der Waals surface area contributed by atoms with E-state index in [4.69, 9.17) is 0 Å². The second-order valence-electron chi connectivity index (χ2n) is 3.97. The summed E-state index contributed by atoms with van der Waals surface area (Å²) in [6.07, 6.45) is 0. The highest BCUT2D eigenvalue weighted by atomic mass is 16.6. The van der Waals surface area contributed by atoms with Gasteiger partial charge in [-0.3, -0.25) is 10.1 Å². The molecular weight excluding hydrogens is 236 g/mol. The summed E-state index contributed by atoms with van der Waals surface area (Å²) in [7, 11) is 0. The molecule has 1 heterocycles. The van der Waals surface area contributed by atoms with E-state index in [-0.39, 0.29) is 11.7 Å². The Labute approximate surface area is 104 Å². The van der Waals surface area contributed by atoms with Crippen LogP contribution in [-0.2, 0) is 0 Å². The van der Waals surface area contributed by atoms with Crippen molar-refractivity contribution in [2.45, 2.75) is 0 Å². The number of nitro groups is 1. The average Bonchev–Trinajstić information content (AvgIpc) is 2.40. The molecule has 1 fully saturated rings. The van der Waals surface area contributed by atoms with Crippen molar-refractivity contribution < 1.29 is 9.72 Å². The van der Waals surface area contributed by atoms with Crippen LogP contribution in [0.15, 0.2) is 24.3 Å². The van der Waals surface area contributed by atoms with Crippen LogP contribution in [0, 0.1) is 10.1 Å². The van der Waals surface area contributed by atoms with E-state index in [9.17, 15) is 14.9 Å². The first kappa shape index (κ1) is 12.3. The Balaban J connectivity index is 1.96. The number of nitro benzene ring substituents is 1. The third-order valence-corrected chi connectivity index (χ3v) is 2.73. The Hall–Kier alpha value is -2.15. The van der Waals surface area contributed by atoms with E-state index >= 15 is 0 Å². The lowest BCUT2D eigenvalue weighted by Gasteiger charge is -2.27. The Kier molecular flexibility index (Phi) is 3.73. The van der Waals surface area contributed by atoms with Crippen molar-refractivity contribution in [3.05, 3.63) is 34.4 Å². The van der Waals surface area contributed by atoms with Crippen LogP contribution in [-0.4, -0.2) is 42.0 Å². The summed E-state index contributed by atoms with van der Waals surface area (Å²) < 4.78 is 0. The highest BCUT2D eigenvalue weighted by Crippen LogP contribution is 2.15. The first-order valence-corrected chi connectivity index (χ1v) is 5.68. The molecule has 1 aliphatic heterocycles. The maximum Gasteiger partial charge on any atom is 0.321 e. The second-order valence-corrected chi connectivity index (χ2v) is 3.97. The van der Waals surface area contributed by atoms with Crippen molar-refractivity contribution in [2.24, 2.45) is 0 Å². The number of carbonyl (C=O) groups is 1. The molecule has 18 heavy (non-hydrogen) atoms. The van der Waals surface area contributed by atoms with Crippen molar-refractivity contribution in [1.82, 2.24) is 10.2 Å². The summed E-state index contributed by atoms with van der Waals surface area (Å²) in [6, 6.07) is 5.61. The normalized spacial score (nSPS) is 15.2. The highest BCUT2D eigenvalue weighted by molar-refractivity contribution is 5.89. The zero-order valence-electron chi connectivity index (χ0n) is 9.76. The number of nitrogens with zero attached hydrogens (tertiary/aromatic N) is 2. The van der Waals surface area contributed by atoms with Gasteiger partial charge in [-0.05, 0) is 12.1 Å². The molecule has 0 aromatic heterocycles. The standard InChI is InChI=1S/C11H14N4O3/c16-11(14-7-5-12-6-8-14)13-9-1-3-10(4-2-9)15(17)18/h1-4,12H,5-8H2,(H,13,16). The van der Waals surface area contributed by atoms with Crippen LogP contribution < -0.4 is 10.6 Å². The predicted octanol–water partition coefficient (Wildman–Crippen LogP) is 1.03. The number of hydrogen-bond donors (Lipinski definition) is 2. The van der Waals surface area contributed by atoms with Gasteiger partial charge in [0.05, 0.1) is 4.92 Å². The van der Waals surface area contributed by atoms with Crippen LogP contribution >= 0.6 is 0 Å². The predicted molar refractivity (Wildman–Crippen MR) is 66.6 cm³/mol. The molecule has 0 atom stereocenters. The fourth-order valence-electron chi connectivity index (χ4n) is 1.74. The van der Waals surface area contributed by atoms with Crippen LogP contribution in [0.3, 0.4) is 0 Å². The van der Waals surface area contributed by atoms with E-state index in [1.165, 1.54) is 24.3 Å². The molecule has 1 saturated heterocycles. The number of nitrogens with one attached hydrogen (secondary N) is 2. The summed E-state index contributed by atoms with van der Waals surface area (Å²) >= 11 is 0. The molecule has 7 nitrogen and oxygen atoms in total. The molecule has 1 aliphatic rings. The SMILES string of the molecule is O=C(Nc1ccc([N+](=O)[O-])cc1)N1CCNCC1. The third-order valence-electron chi connectivity index (χ3n) is 2.73. The first-order chi connectivity index (χ1) is 8.66. The van der Waals surface area contributed by atoms with Gasteiger partial charge in [0.15, 0.2) is 0 Å². The zero-order valence-corrected chi connectivity index (χ0v) is 9.76. The van der Waals surface area contributed by atoms with Gasteiger partial charge in [-0.2, -0.15) is 0 Å². The minimum atomic E-state index is -0.470. The molecule has 0 spiro atoms. The van der Waals surface area contributed by atoms with E-state index < -0.39 is 4.92 Å². The van der Waals surface area contributed by atoms with Crippen LogP contribution in [0.5, 0.6) is 0 Å². The molecule has 0 saturated carbocycles. The number of urea groups is 1. The topological polar surface area (TPSA) is 87.5 Å². The fraction of sp³-hybridized carbons (Fsp3) is 0.364. The Morgan fingerprint density at radius 1 is 1.28 bits per heavy atom. The molecule has 0 unspecified atom stereocenters. The van der Waals surface area contributed by atoms with Crippen LogP contribution in [0.2, 0.25) is 0 Å². The number of anilines is 1. The number of piperazine rings is 1. The summed E-state index contributed by atoms with van der Waals surface area (Å²) in [5.74, 6) is 0. The van der Waals surface area contributed by atoms with Gasteiger partial charge in [0.1, 0.15) is 0 Å². The fourth-order valence-corrected chi connectivity index (χ4v) is 1.74. The average molecular weight is 250 g/mol. The van der Waals surface area contributed by atoms with Crippen molar-refractivity contribution in [1.29, 1.82) is 0 Å². The van der Waals surface area contributed by atoms with Gasteiger partial charge in [-0.25, -0.2) is 4.79 Å². The number of carbonyl (C=O) groups excluding carboxylic acids is 1. The second kappa shape index (κ2) is 5.46. The number of hydrogen-bond acceptors (Lipinski definition) is 4. The van der Waals surface area contributed by atoms with E-state index in [1.807, 2.05) is 0 Å². The molecule has 0 bridgehead atoms. The van der Waals surface area contributed by atoms with Gasteiger partial charge >= 0.3 is 6.03 Å². The van der Waals surface area contributed by atoms with Crippen molar-refractivity contribution >= 4 is 17.4 Å². The maximum atomic E-state index is 11.8. The molecule has 96 valence electrons. The van der Waals surface area contributed by atoms with Gasteiger partial charge in [0.2, 0.25) is 0 Å². The number of non-ortho nitro benzene ring substituents is 1. The molecular formula is C11H14N4O3. The van der Waals surface area contributed by atoms with Gasteiger partial charge in [0, 0.05) is 44.0 Å². The van der Waals surface area contributed by atoms with Crippen molar-refractivity contribution in [2.75, 3.05) is 31.5 Å². The van der Waals surface area contributed by atoms with Gasteiger partial charge in [-0.15, -0.1) is 0 Å². The molecule has 2 N–H and O–H groups in total. The van der Waals surface area contributed by atoms with E-state index in [2.05, 4.69) is 10.6 Å².